The van der Waals surface area contributed by atoms with Crippen molar-refractivity contribution in [3.8, 4) is 11.5 Å². The van der Waals surface area contributed by atoms with Gasteiger partial charge in [-0.05, 0) is 17.7 Å². The smallest absolute Gasteiger partial charge is 0.260 e. The van der Waals surface area contributed by atoms with Crippen molar-refractivity contribution in [3.05, 3.63) is 58.1 Å². The van der Waals surface area contributed by atoms with Crippen LogP contribution in [0.4, 0.5) is 0 Å². The number of carbonyl (C=O) groups excluding carboxylic acids is 2. The summed E-state index contributed by atoms with van der Waals surface area (Å²) in [6, 6.07) is 10.5. The zero-order valence-electron chi connectivity index (χ0n) is 15.4. The Kier molecular flexibility index (Phi) is 5.12. The van der Waals surface area contributed by atoms with Gasteiger partial charge in [-0.1, -0.05) is 35.9 Å². The molecule has 2 amide bonds. The molecular formula is C20H19ClN2O4S. The van der Waals surface area contributed by atoms with Crippen molar-refractivity contribution in [2.45, 2.75) is 18.0 Å². The lowest BCUT2D eigenvalue weighted by atomic mass is 10.1. The molecule has 8 heteroatoms. The van der Waals surface area contributed by atoms with E-state index in [9.17, 15) is 9.59 Å². The fraction of sp³-hybridized carbons (Fsp3) is 0.300. The number of ether oxygens (including phenoxy) is 2. The molecule has 2 heterocycles. The van der Waals surface area contributed by atoms with Crippen molar-refractivity contribution in [3.63, 3.8) is 0 Å². The Balaban J connectivity index is 1.56. The average Bonchev–Trinajstić information content (AvgIpc) is 3.26. The Morgan fingerprint density at radius 1 is 1.25 bits per heavy atom. The number of hydrogen-bond donors (Lipinski definition) is 1. The number of halogens is 1. The summed E-state index contributed by atoms with van der Waals surface area (Å²) >= 11 is 7.73. The zero-order chi connectivity index (χ0) is 19.8. The number of nitrogens with one attached hydrogen (secondary N) is 1. The van der Waals surface area contributed by atoms with E-state index in [4.69, 9.17) is 21.1 Å². The van der Waals surface area contributed by atoms with Crippen LogP contribution in [-0.4, -0.2) is 42.7 Å². The molecule has 2 aromatic carbocycles. The van der Waals surface area contributed by atoms with Gasteiger partial charge in [-0.3, -0.25) is 9.59 Å². The van der Waals surface area contributed by atoms with Gasteiger partial charge in [-0.2, -0.15) is 0 Å². The molecule has 1 fully saturated rings. The molecule has 2 atom stereocenters. The fourth-order valence-corrected chi connectivity index (χ4v) is 5.29. The Hall–Kier alpha value is -2.38. The second-order valence-corrected chi connectivity index (χ2v) is 8.01. The number of benzene rings is 2. The summed E-state index contributed by atoms with van der Waals surface area (Å²) in [5, 5.41) is 3.31. The van der Waals surface area contributed by atoms with E-state index in [1.165, 1.54) is 14.2 Å². The molecule has 6 nitrogen and oxygen atoms in total. The SMILES string of the molecule is COc1ccc2c(c1OC)C(=O)N1[C@@H]2SC[C@H]1C(=O)NCc1ccccc1Cl. The van der Waals surface area contributed by atoms with E-state index in [0.29, 0.717) is 34.4 Å². The van der Waals surface area contributed by atoms with Gasteiger partial charge in [-0.15, -0.1) is 11.8 Å². The minimum atomic E-state index is -0.548. The normalized spacial score (nSPS) is 20.0. The Morgan fingerprint density at radius 3 is 2.75 bits per heavy atom. The molecule has 28 heavy (non-hydrogen) atoms. The predicted molar refractivity (Wildman–Crippen MR) is 108 cm³/mol. The van der Waals surface area contributed by atoms with E-state index in [-0.39, 0.29) is 17.2 Å². The molecule has 2 aromatic rings. The van der Waals surface area contributed by atoms with Crippen molar-refractivity contribution >= 4 is 35.2 Å². The first-order valence-electron chi connectivity index (χ1n) is 8.77. The van der Waals surface area contributed by atoms with E-state index < -0.39 is 6.04 Å². The molecule has 146 valence electrons. The highest BCUT2D eigenvalue weighted by Gasteiger charge is 2.50. The summed E-state index contributed by atoms with van der Waals surface area (Å²) in [5.41, 5.74) is 2.17. The van der Waals surface area contributed by atoms with E-state index in [0.717, 1.165) is 11.1 Å². The summed E-state index contributed by atoms with van der Waals surface area (Å²) in [4.78, 5) is 27.6. The van der Waals surface area contributed by atoms with Gasteiger partial charge in [0, 0.05) is 22.9 Å². The lowest BCUT2D eigenvalue weighted by molar-refractivity contribution is -0.124. The number of fused-ring (bicyclic) bond motifs is 3. The van der Waals surface area contributed by atoms with Gasteiger partial charge >= 0.3 is 0 Å². The molecule has 4 rings (SSSR count). The monoisotopic (exact) mass is 418 g/mol. The van der Waals surface area contributed by atoms with Crippen LogP contribution in [0, 0.1) is 0 Å². The maximum absolute atomic E-state index is 13.1. The number of methoxy groups -OCH3 is 2. The first-order chi connectivity index (χ1) is 13.6. The van der Waals surface area contributed by atoms with Crippen LogP contribution in [0.25, 0.3) is 0 Å². The number of hydrogen-bond acceptors (Lipinski definition) is 5. The van der Waals surface area contributed by atoms with Gasteiger partial charge < -0.3 is 19.7 Å². The molecule has 2 aliphatic heterocycles. The Labute approximate surface area is 172 Å². The molecule has 0 bridgehead atoms. The molecule has 1 saturated heterocycles. The first kappa shape index (κ1) is 19.0. The number of carbonyl (C=O) groups is 2. The molecule has 0 aromatic heterocycles. The molecule has 0 radical (unpaired) electrons. The lowest BCUT2D eigenvalue weighted by Crippen LogP contribution is -2.45. The highest BCUT2D eigenvalue weighted by atomic mass is 35.5. The van der Waals surface area contributed by atoms with E-state index in [2.05, 4.69) is 5.32 Å². The second kappa shape index (κ2) is 7.56. The molecule has 0 aliphatic carbocycles. The van der Waals surface area contributed by atoms with Crippen molar-refractivity contribution in [1.29, 1.82) is 0 Å². The zero-order valence-corrected chi connectivity index (χ0v) is 17.0. The van der Waals surface area contributed by atoms with Gasteiger partial charge in [0.2, 0.25) is 5.91 Å². The number of thioether (sulfide) groups is 1. The Bertz CT molecular complexity index is 952. The van der Waals surface area contributed by atoms with Gasteiger partial charge in [0.15, 0.2) is 11.5 Å². The summed E-state index contributed by atoms with van der Waals surface area (Å²) in [6.07, 6.45) is 0. The van der Waals surface area contributed by atoms with Crippen molar-refractivity contribution in [1.82, 2.24) is 10.2 Å². The van der Waals surface area contributed by atoms with E-state index >= 15 is 0 Å². The molecule has 0 spiro atoms. The van der Waals surface area contributed by atoms with Gasteiger partial charge in [0.25, 0.3) is 5.91 Å². The number of nitrogens with zero attached hydrogens (tertiary/aromatic N) is 1. The van der Waals surface area contributed by atoms with Gasteiger partial charge in [0.1, 0.15) is 11.4 Å². The molecule has 1 N–H and O–H groups in total. The van der Waals surface area contributed by atoms with Crippen LogP contribution >= 0.6 is 23.4 Å². The fourth-order valence-electron chi connectivity index (χ4n) is 3.64. The van der Waals surface area contributed by atoms with Crippen LogP contribution in [0.3, 0.4) is 0 Å². The van der Waals surface area contributed by atoms with Crippen LogP contribution in [-0.2, 0) is 11.3 Å². The molecular weight excluding hydrogens is 400 g/mol. The second-order valence-electron chi connectivity index (χ2n) is 6.49. The van der Waals surface area contributed by atoms with Gasteiger partial charge in [0.05, 0.1) is 19.8 Å². The minimum Gasteiger partial charge on any atom is -0.493 e. The highest BCUT2D eigenvalue weighted by Crippen LogP contribution is 2.52. The third-order valence-corrected chi connectivity index (χ3v) is 6.68. The van der Waals surface area contributed by atoms with Crippen LogP contribution in [0.1, 0.15) is 26.9 Å². The number of amides is 2. The van der Waals surface area contributed by atoms with E-state index in [1.54, 1.807) is 28.8 Å². The van der Waals surface area contributed by atoms with Crippen LogP contribution < -0.4 is 14.8 Å². The average molecular weight is 419 g/mol. The van der Waals surface area contributed by atoms with Crippen molar-refractivity contribution < 1.29 is 19.1 Å². The highest BCUT2D eigenvalue weighted by molar-refractivity contribution is 7.99. The predicted octanol–water partition coefficient (Wildman–Crippen LogP) is 3.24. The maximum Gasteiger partial charge on any atom is 0.260 e. The lowest BCUT2D eigenvalue weighted by Gasteiger charge is -2.22. The maximum atomic E-state index is 13.1. The van der Waals surface area contributed by atoms with Crippen LogP contribution in [0.15, 0.2) is 36.4 Å². The summed E-state index contributed by atoms with van der Waals surface area (Å²) in [5.74, 6) is 1.05. The third kappa shape index (κ3) is 2.99. The van der Waals surface area contributed by atoms with Gasteiger partial charge in [-0.25, -0.2) is 0 Å². The number of rotatable bonds is 5. The third-order valence-electron chi connectivity index (χ3n) is 5.01. The van der Waals surface area contributed by atoms with Crippen molar-refractivity contribution in [2.24, 2.45) is 0 Å². The van der Waals surface area contributed by atoms with Crippen LogP contribution in [0.2, 0.25) is 5.02 Å². The Morgan fingerprint density at radius 2 is 2.04 bits per heavy atom. The quantitative estimate of drug-likeness (QED) is 0.807. The van der Waals surface area contributed by atoms with E-state index in [1.807, 2.05) is 24.3 Å². The molecule has 0 unspecified atom stereocenters. The molecule has 2 aliphatic rings. The first-order valence-corrected chi connectivity index (χ1v) is 10.2. The summed E-state index contributed by atoms with van der Waals surface area (Å²) in [6.45, 7) is 0.316. The largest absolute Gasteiger partial charge is 0.493 e. The topological polar surface area (TPSA) is 67.9 Å². The summed E-state index contributed by atoms with van der Waals surface area (Å²) < 4.78 is 10.7. The standard InChI is InChI=1S/C20H19ClN2O4S/c1-26-15-8-7-12-16(17(15)27-2)19(25)23-14(10-28-20(12)23)18(24)22-9-11-5-3-4-6-13(11)21/h3-8,14,20H,9-10H2,1-2H3,(H,22,24)/t14-,20+/m0/s1. The minimum absolute atomic E-state index is 0.193. The molecule has 0 saturated carbocycles. The summed E-state index contributed by atoms with van der Waals surface area (Å²) in [7, 11) is 3.04. The van der Waals surface area contributed by atoms with Crippen molar-refractivity contribution in [2.75, 3.05) is 20.0 Å². The van der Waals surface area contributed by atoms with Crippen LogP contribution in [0.5, 0.6) is 11.5 Å².